The molecule has 0 atom stereocenters. The second-order valence-electron chi connectivity index (χ2n) is 7.87. The van der Waals surface area contributed by atoms with Crippen LogP contribution in [0.5, 0.6) is 0 Å². The van der Waals surface area contributed by atoms with Crippen LogP contribution in [0.4, 0.5) is 0 Å². The molecule has 33 heavy (non-hydrogen) atoms. The number of benzene rings is 3. The molecule has 3 aromatic heterocycles. The van der Waals surface area contributed by atoms with E-state index in [9.17, 15) is 5.26 Å². The Labute approximate surface area is 195 Å². The Hall–Kier alpha value is -4.33. The van der Waals surface area contributed by atoms with Crippen molar-refractivity contribution in [3.05, 3.63) is 109 Å². The molecule has 0 saturated heterocycles. The molecule has 3 aromatic carbocycles. The van der Waals surface area contributed by atoms with Gasteiger partial charge in [-0.05, 0) is 53.6 Å². The molecule has 0 aliphatic heterocycles. The summed E-state index contributed by atoms with van der Waals surface area (Å²) in [6.45, 7) is 0. The molecule has 0 unspecified atom stereocenters. The van der Waals surface area contributed by atoms with Gasteiger partial charge in [-0.15, -0.1) is 11.3 Å². The van der Waals surface area contributed by atoms with Gasteiger partial charge in [0, 0.05) is 43.7 Å². The van der Waals surface area contributed by atoms with Gasteiger partial charge in [-0.1, -0.05) is 48.5 Å². The molecular weight excluding hydrogens is 422 g/mol. The number of thiophene rings is 1. The van der Waals surface area contributed by atoms with Gasteiger partial charge in [-0.2, -0.15) is 5.26 Å². The van der Waals surface area contributed by atoms with Gasteiger partial charge in [0.2, 0.25) is 0 Å². The summed E-state index contributed by atoms with van der Waals surface area (Å²) in [5.41, 5.74) is 6.58. The number of fused-ring (bicyclic) bond motifs is 3. The lowest BCUT2D eigenvalue weighted by Crippen LogP contribution is -1.89. The van der Waals surface area contributed by atoms with E-state index in [1.54, 1.807) is 12.4 Å². The van der Waals surface area contributed by atoms with Crippen LogP contribution in [-0.2, 0) is 0 Å². The van der Waals surface area contributed by atoms with Crippen molar-refractivity contribution >= 4 is 31.5 Å². The van der Waals surface area contributed by atoms with Crippen molar-refractivity contribution in [3.63, 3.8) is 0 Å². The predicted molar refractivity (Wildman–Crippen MR) is 136 cm³/mol. The van der Waals surface area contributed by atoms with E-state index in [0.29, 0.717) is 5.56 Å². The lowest BCUT2D eigenvalue weighted by atomic mass is 10.0. The Kier molecular flexibility index (Phi) is 4.68. The zero-order chi connectivity index (χ0) is 22.2. The lowest BCUT2D eigenvalue weighted by Gasteiger charge is -2.06. The number of rotatable bonds is 3. The van der Waals surface area contributed by atoms with E-state index in [1.165, 1.54) is 31.3 Å². The first-order valence-electron chi connectivity index (χ1n) is 10.6. The molecule has 0 bridgehead atoms. The van der Waals surface area contributed by atoms with Crippen LogP contribution in [0.15, 0.2) is 103 Å². The standard InChI is InChI=1S/C29H17N3S/c30-16-19-13-23(18-31-17-19)27-8-4-7-26(32-27)22-10-12-29-25(15-22)24-14-21(9-11-28(24)33-29)20-5-2-1-3-6-20/h1-15,17-18H. The molecule has 3 heterocycles. The Morgan fingerprint density at radius 2 is 1.30 bits per heavy atom. The van der Waals surface area contributed by atoms with Gasteiger partial charge in [-0.25, -0.2) is 4.98 Å². The van der Waals surface area contributed by atoms with Crippen LogP contribution in [0.2, 0.25) is 0 Å². The summed E-state index contributed by atoms with van der Waals surface area (Å²) in [5, 5.41) is 11.7. The van der Waals surface area contributed by atoms with Crippen molar-refractivity contribution < 1.29 is 0 Å². The van der Waals surface area contributed by atoms with Crippen LogP contribution in [0.25, 0.3) is 53.8 Å². The van der Waals surface area contributed by atoms with E-state index >= 15 is 0 Å². The Bertz CT molecular complexity index is 1680. The molecule has 0 radical (unpaired) electrons. The molecule has 6 aromatic rings. The topological polar surface area (TPSA) is 49.6 Å². The van der Waals surface area contributed by atoms with E-state index < -0.39 is 0 Å². The summed E-state index contributed by atoms with van der Waals surface area (Å²) < 4.78 is 2.55. The Morgan fingerprint density at radius 3 is 2.06 bits per heavy atom. The summed E-state index contributed by atoms with van der Waals surface area (Å²) in [6.07, 6.45) is 3.31. The summed E-state index contributed by atoms with van der Waals surface area (Å²) >= 11 is 1.81. The Morgan fingerprint density at radius 1 is 0.606 bits per heavy atom. The first-order chi connectivity index (χ1) is 16.3. The minimum absolute atomic E-state index is 0.528. The predicted octanol–water partition coefficient (Wildman–Crippen LogP) is 7.72. The molecule has 0 amide bonds. The van der Waals surface area contributed by atoms with Gasteiger partial charge in [0.25, 0.3) is 0 Å². The maximum atomic E-state index is 9.19. The Balaban J connectivity index is 1.47. The molecule has 0 fully saturated rings. The zero-order valence-corrected chi connectivity index (χ0v) is 18.4. The van der Waals surface area contributed by atoms with Crippen molar-refractivity contribution in [1.82, 2.24) is 9.97 Å². The molecule has 6 rings (SSSR count). The molecule has 0 aliphatic rings. The first kappa shape index (κ1) is 19.4. The van der Waals surface area contributed by atoms with Gasteiger partial charge in [0.05, 0.1) is 17.0 Å². The summed E-state index contributed by atoms with van der Waals surface area (Å²) in [5.74, 6) is 0. The lowest BCUT2D eigenvalue weighted by molar-refractivity contribution is 1.26. The monoisotopic (exact) mass is 439 g/mol. The molecule has 154 valence electrons. The number of pyridine rings is 2. The quantitative estimate of drug-likeness (QED) is 0.284. The molecule has 0 aliphatic carbocycles. The van der Waals surface area contributed by atoms with Crippen LogP contribution in [0.3, 0.4) is 0 Å². The highest BCUT2D eigenvalue weighted by Gasteiger charge is 2.10. The van der Waals surface area contributed by atoms with Crippen LogP contribution < -0.4 is 0 Å². The van der Waals surface area contributed by atoms with Gasteiger partial charge in [0.1, 0.15) is 6.07 Å². The average molecular weight is 440 g/mol. The van der Waals surface area contributed by atoms with Gasteiger partial charge in [0.15, 0.2) is 0 Å². The summed E-state index contributed by atoms with van der Waals surface area (Å²) in [7, 11) is 0. The molecule has 0 N–H and O–H groups in total. The number of hydrogen-bond acceptors (Lipinski definition) is 4. The molecule has 3 nitrogen and oxygen atoms in total. The first-order valence-corrected chi connectivity index (χ1v) is 11.4. The maximum absolute atomic E-state index is 9.19. The molecular formula is C29H17N3S. The minimum Gasteiger partial charge on any atom is -0.263 e. The highest BCUT2D eigenvalue weighted by Crippen LogP contribution is 2.38. The fourth-order valence-corrected chi connectivity index (χ4v) is 5.21. The highest BCUT2D eigenvalue weighted by molar-refractivity contribution is 7.25. The van der Waals surface area contributed by atoms with Crippen molar-refractivity contribution in [1.29, 1.82) is 5.26 Å². The van der Waals surface area contributed by atoms with Crippen molar-refractivity contribution in [2.24, 2.45) is 0 Å². The van der Waals surface area contributed by atoms with Crippen LogP contribution in [0.1, 0.15) is 5.56 Å². The van der Waals surface area contributed by atoms with Gasteiger partial charge in [-0.3, -0.25) is 4.98 Å². The van der Waals surface area contributed by atoms with E-state index in [1.807, 2.05) is 41.7 Å². The van der Waals surface area contributed by atoms with Crippen molar-refractivity contribution in [2.75, 3.05) is 0 Å². The number of nitrogens with zero attached hydrogens (tertiary/aromatic N) is 3. The fraction of sp³-hybridized carbons (Fsp3) is 0. The third kappa shape index (κ3) is 3.55. The van der Waals surface area contributed by atoms with Crippen molar-refractivity contribution in [3.8, 4) is 39.7 Å². The van der Waals surface area contributed by atoms with E-state index in [0.717, 1.165) is 22.5 Å². The molecule has 4 heteroatoms. The number of aromatic nitrogens is 2. The van der Waals surface area contributed by atoms with Crippen molar-refractivity contribution in [2.45, 2.75) is 0 Å². The maximum Gasteiger partial charge on any atom is 0.101 e. The van der Waals surface area contributed by atoms with Crippen LogP contribution >= 0.6 is 11.3 Å². The largest absolute Gasteiger partial charge is 0.263 e. The molecule has 0 saturated carbocycles. The normalized spacial score (nSPS) is 11.0. The smallest absolute Gasteiger partial charge is 0.101 e. The second-order valence-corrected chi connectivity index (χ2v) is 8.96. The summed E-state index contributed by atoms with van der Waals surface area (Å²) in [6, 6.07) is 33.7. The highest BCUT2D eigenvalue weighted by atomic mass is 32.1. The van der Waals surface area contributed by atoms with E-state index in [-0.39, 0.29) is 0 Å². The van der Waals surface area contributed by atoms with E-state index in [2.05, 4.69) is 71.7 Å². The van der Waals surface area contributed by atoms with Crippen LogP contribution in [0, 0.1) is 11.3 Å². The SMILES string of the molecule is N#Cc1cncc(-c2cccc(-c3ccc4sc5ccc(-c6ccccc6)cc5c4c3)n2)c1. The van der Waals surface area contributed by atoms with Gasteiger partial charge >= 0.3 is 0 Å². The average Bonchev–Trinajstić information content (AvgIpc) is 3.26. The molecule has 0 spiro atoms. The number of hydrogen-bond donors (Lipinski definition) is 0. The minimum atomic E-state index is 0.528. The van der Waals surface area contributed by atoms with Gasteiger partial charge < -0.3 is 0 Å². The zero-order valence-electron chi connectivity index (χ0n) is 17.6. The van der Waals surface area contributed by atoms with Crippen LogP contribution in [-0.4, -0.2) is 9.97 Å². The van der Waals surface area contributed by atoms with E-state index in [4.69, 9.17) is 4.98 Å². The number of nitriles is 1. The third-order valence-corrected chi connectivity index (χ3v) is 6.94. The fourth-order valence-electron chi connectivity index (χ4n) is 4.14. The third-order valence-electron chi connectivity index (χ3n) is 5.78. The summed E-state index contributed by atoms with van der Waals surface area (Å²) in [4.78, 5) is 9.05. The second kappa shape index (κ2) is 7.98.